The number of nitrogens with one attached hydrogen (secondary N) is 1. The van der Waals surface area contributed by atoms with Gasteiger partial charge >= 0.3 is 11.7 Å². The lowest BCUT2D eigenvalue weighted by Crippen LogP contribution is -2.34. The van der Waals surface area contributed by atoms with Crippen molar-refractivity contribution in [2.24, 2.45) is 0 Å². The van der Waals surface area contributed by atoms with E-state index in [0.29, 0.717) is 5.56 Å². The zero-order chi connectivity index (χ0) is 13.4. The van der Waals surface area contributed by atoms with Gasteiger partial charge in [0.1, 0.15) is 6.23 Å². The molecule has 8 nitrogen and oxygen atoms in total. The van der Waals surface area contributed by atoms with Gasteiger partial charge in [-0.1, -0.05) is 0 Å². The molecule has 3 N–H and O–H groups in total. The fraction of sp³-hybridized carbons (Fsp3) is 0.500. The summed E-state index contributed by atoms with van der Waals surface area (Å²) in [6.07, 6.45) is -2.20. The highest BCUT2D eigenvalue weighted by molar-refractivity contribution is 5.73. The third-order valence-corrected chi connectivity index (χ3v) is 2.80. The van der Waals surface area contributed by atoms with Crippen molar-refractivity contribution in [3.05, 3.63) is 32.6 Å². The number of ether oxygens (including phenoxy) is 1. The van der Waals surface area contributed by atoms with Gasteiger partial charge in [0.05, 0.1) is 6.10 Å². The predicted octanol–water partition coefficient (Wildman–Crippen LogP) is -1.42. The van der Waals surface area contributed by atoms with E-state index in [0.717, 1.165) is 4.57 Å². The minimum atomic E-state index is -1.37. The minimum absolute atomic E-state index is 0.0254. The van der Waals surface area contributed by atoms with Crippen LogP contribution in [0.5, 0.6) is 0 Å². The van der Waals surface area contributed by atoms with Crippen LogP contribution >= 0.6 is 0 Å². The number of carbonyl (C=O) groups is 1. The quantitative estimate of drug-likeness (QED) is 0.597. The second-order valence-corrected chi connectivity index (χ2v) is 4.13. The molecule has 0 saturated carbocycles. The molecule has 1 fully saturated rings. The summed E-state index contributed by atoms with van der Waals surface area (Å²) in [5, 5.41) is 18.3. The molecule has 2 rings (SSSR count). The Morgan fingerprint density at radius 1 is 1.56 bits per heavy atom. The van der Waals surface area contributed by atoms with Crippen molar-refractivity contribution in [2.45, 2.75) is 31.8 Å². The van der Waals surface area contributed by atoms with Crippen LogP contribution in [0.25, 0.3) is 0 Å². The number of aromatic amines is 1. The zero-order valence-corrected chi connectivity index (χ0v) is 9.49. The summed E-state index contributed by atoms with van der Waals surface area (Å²) in [5.41, 5.74) is -0.912. The van der Waals surface area contributed by atoms with Gasteiger partial charge in [-0.05, 0) is 6.92 Å². The van der Waals surface area contributed by atoms with E-state index in [1.807, 2.05) is 0 Å². The first kappa shape index (κ1) is 12.5. The van der Waals surface area contributed by atoms with Gasteiger partial charge in [-0.15, -0.1) is 0 Å². The van der Waals surface area contributed by atoms with E-state index in [2.05, 4.69) is 4.98 Å². The predicted molar refractivity (Wildman–Crippen MR) is 58.2 cm³/mol. The third kappa shape index (κ3) is 2.07. The summed E-state index contributed by atoms with van der Waals surface area (Å²) in [6, 6.07) is 0. The smallest absolute Gasteiger partial charge is 0.335 e. The SMILES string of the molecule is Cc1cn([C@H]2C[C@H](O)[C@@H](C(=O)O)O2)c(=O)[nH]c1=O. The van der Waals surface area contributed by atoms with Crippen molar-refractivity contribution < 1.29 is 19.7 Å². The Labute approximate surface area is 100 Å². The molecule has 0 bridgehead atoms. The Balaban J connectivity index is 2.35. The maximum absolute atomic E-state index is 11.6. The fourth-order valence-corrected chi connectivity index (χ4v) is 1.85. The summed E-state index contributed by atoms with van der Waals surface area (Å²) in [6.45, 7) is 1.51. The monoisotopic (exact) mass is 256 g/mol. The van der Waals surface area contributed by atoms with Crippen molar-refractivity contribution >= 4 is 5.97 Å². The summed E-state index contributed by atoms with van der Waals surface area (Å²) in [5.74, 6) is -1.29. The summed E-state index contributed by atoms with van der Waals surface area (Å²) >= 11 is 0. The molecule has 8 heteroatoms. The van der Waals surface area contributed by atoms with Crippen LogP contribution in [-0.4, -0.2) is 37.9 Å². The first-order valence-corrected chi connectivity index (χ1v) is 5.28. The molecule has 3 atom stereocenters. The maximum atomic E-state index is 11.6. The van der Waals surface area contributed by atoms with Gasteiger partial charge in [-0.25, -0.2) is 9.59 Å². The number of aliphatic carboxylic acids is 1. The first-order chi connectivity index (χ1) is 8.40. The summed E-state index contributed by atoms with van der Waals surface area (Å²) in [4.78, 5) is 35.6. The molecule has 98 valence electrons. The number of hydrogen-bond acceptors (Lipinski definition) is 5. The van der Waals surface area contributed by atoms with Gasteiger partial charge in [0.25, 0.3) is 5.56 Å². The van der Waals surface area contributed by atoms with Crippen molar-refractivity contribution in [1.82, 2.24) is 9.55 Å². The van der Waals surface area contributed by atoms with Crippen LogP contribution in [0.1, 0.15) is 18.2 Å². The van der Waals surface area contributed by atoms with E-state index in [9.17, 15) is 19.5 Å². The number of H-pyrrole nitrogens is 1. The first-order valence-electron chi connectivity index (χ1n) is 5.28. The van der Waals surface area contributed by atoms with Gasteiger partial charge in [0.2, 0.25) is 0 Å². The molecule has 0 radical (unpaired) electrons. The van der Waals surface area contributed by atoms with Crippen molar-refractivity contribution in [2.75, 3.05) is 0 Å². The molecule has 1 aromatic heterocycles. The number of rotatable bonds is 2. The van der Waals surface area contributed by atoms with E-state index in [1.54, 1.807) is 0 Å². The van der Waals surface area contributed by atoms with Crippen molar-refractivity contribution in [1.29, 1.82) is 0 Å². The number of aryl methyl sites for hydroxylation is 1. The normalized spacial score (nSPS) is 27.3. The number of aromatic nitrogens is 2. The van der Waals surface area contributed by atoms with Crippen LogP contribution in [0.15, 0.2) is 15.8 Å². The summed E-state index contributed by atoms with van der Waals surface area (Å²) in [7, 11) is 0. The second kappa shape index (κ2) is 4.39. The lowest BCUT2D eigenvalue weighted by molar-refractivity contribution is -0.155. The topological polar surface area (TPSA) is 122 Å². The van der Waals surface area contributed by atoms with Crippen LogP contribution in [0.3, 0.4) is 0 Å². The lowest BCUT2D eigenvalue weighted by Gasteiger charge is -2.13. The Bertz CT molecular complexity index is 589. The van der Waals surface area contributed by atoms with Crippen LogP contribution in [0.2, 0.25) is 0 Å². The fourth-order valence-electron chi connectivity index (χ4n) is 1.85. The van der Waals surface area contributed by atoms with Crippen LogP contribution in [-0.2, 0) is 9.53 Å². The van der Waals surface area contributed by atoms with Gasteiger partial charge in [-0.2, -0.15) is 0 Å². The van der Waals surface area contributed by atoms with E-state index in [1.165, 1.54) is 13.1 Å². The van der Waals surface area contributed by atoms with Gasteiger partial charge in [0.15, 0.2) is 6.10 Å². The lowest BCUT2D eigenvalue weighted by atomic mass is 10.2. The zero-order valence-electron chi connectivity index (χ0n) is 9.49. The number of nitrogens with zero attached hydrogens (tertiary/aromatic N) is 1. The largest absolute Gasteiger partial charge is 0.479 e. The molecule has 0 amide bonds. The van der Waals surface area contributed by atoms with Gasteiger partial charge < -0.3 is 14.9 Å². The average molecular weight is 256 g/mol. The van der Waals surface area contributed by atoms with E-state index < -0.39 is 35.7 Å². The van der Waals surface area contributed by atoms with E-state index in [4.69, 9.17) is 9.84 Å². The number of carboxylic acids is 1. The van der Waals surface area contributed by atoms with Crippen molar-refractivity contribution in [3.8, 4) is 0 Å². The van der Waals surface area contributed by atoms with Gasteiger partial charge in [-0.3, -0.25) is 14.3 Å². The molecule has 1 aromatic rings. The Morgan fingerprint density at radius 3 is 2.78 bits per heavy atom. The van der Waals surface area contributed by atoms with Crippen molar-refractivity contribution in [3.63, 3.8) is 0 Å². The molecule has 1 aliphatic heterocycles. The molecule has 1 aliphatic rings. The highest BCUT2D eigenvalue weighted by Gasteiger charge is 2.40. The molecule has 0 spiro atoms. The van der Waals surface area contributed by atoms with E-state index >= 15 is 0 Å². The highest BCUT2D eigenvalue weighted by Crippen LogP contribution is 2.27. The van der Waals surface area contributed by atoms with Crippen LogP contribution in [0.4, 0.5) is 0 Å². The Hall–Kier alpha value is -1.93. The van der Waals surface area contributed by atoms with Crippen LogP contribution in [0, 0.1) is 6.92 Å². The second-order valence-electron chi connectivity index (χ2n) is 4.13. The molecule has 1 saturated heterocycles. The number of aliphatic hydroxyl groups is 1. The molecule has 2 heterocycles. The third-order valence-electron chi connectivity index (χ3n) is 2.80. The Morgan fingerprint density at radius 2 is 2.22 bits per heavy atom. The van der Waals surface area contributed by atoms with Crippen LogP contribution < -0.4 is 11.2 Å². The molecule has 0 aromatic carbocycles. The minimum Gasteiger partial charge on any atom is -0.479 e. The van der Waals surface area contributed by atoms with Gasteiger partial charge in [0, 0.05) is 18.2 Å². The molecular weight excluding hydrogens is 244 g/mol. The maximum Gasteiger partial charge on any atom is 0.335 e. The number of aliphatic hydroxyl groups excluding tert-OH is 1. The molecule has 0 aliphatic carbocycles. The highest BCUT2D eigenvalue weighted by atomic mass is 16.6. The molecule has 18 heavy (non-hydrogen) atoms. The molecular formula is C10H12N2O6. The molecule has 0 unspecified atom stereocenters. The number of hydrogen-bond donors (Lipinski definition) is 3. The standard InChI is InChI=1S/C10H12N2O6/c1-4-3-12(10(17)11-8(4)14)6-2-5(13)7(18-6)9(15)16/h3,5-7,13H,2H2,1H3,(H,15,16)(H,11,14,17)/t5-,6+,7-/m0/s1. The Kier molecular flexibility index (Phi) is 3.05. The average Bonchev–Trinajstić information content (AvgIpc) is 2.65. The summed E-state index contributed by atoms with van der Waals surface area (Å²) < 4.78 is 6.16. The number of carboxylic acid groups (broad SMARTS) is 1. The van der Waals surface area contributed by atoms with E-state index in [-0.39, 0.29) is 6.42 Å².